The Morgan fingerprint density at radius 1 is 0.871 bits per heavy atom. The van der Waals surface area contributed by atoms with Crippen LogP contribution >= 0.6 is 0 Å². The van der Waals surface area contributed by atoms with Crippen LogP contribution < -0.4 is 10.6 Å². The van der Waals surface area contributed by atoms with Gasteiger partial charge in [0.05, 0.1) is 13.2 Å². The number of benzene rings is 3. The van der Waals surface area contributed by atoms with E-state index >= 15 is 0 Å². The zero-order valence-corrected chi connectivity index (χ0v) is 18.3. The van der Waals surface area contributed by atoms with Crippen molar-refractivity contribution in [2.24, 2.45) is 4.99 Å². The molecule has 1 aliphatic rings. The van der Waals surface area contributed by atoms with Crippen molar-refractivity contribution in [2.75, 3.05) is 39.9 Å². The summed E-state index contributed by atoms with van der Waals surface area (Å²) in [7, 11) is 1.83. The van der Waals surface area contributed by atoms with Crippen LogP contribution in [0.2, 0.25) is 0 Å². The van der Waals surface area contributed by atoms with Gasteiger partial charge in [0.1, 0.15) is 0 Å². The molecule has 1 saturated heterocycles. The second kappa shape index (κ2) is 10.9. The summed E-state index contributed by atoms with van der Waals surface area (Å²) >= 11 is 0. The van der Waals surface area contributed by atoms with Gasteiger partial charge in [-0.1, -0.05) is 66.7 Å². The average molecular weight is 417 g/mol. The van der Waals surface area contributed by atoms with Crippen LogP contribution in [-0.2, 0) is 24.2 Å². The largest absolute Gasteiger partial charge is 0.379 e. The molecule has 31 heavy (non-hydrogen) atoms. The number of rotatable bonds is 7. The highest BCUT2D eigenvalue weighted by molar-refractivity contribution is 5.85. The Hall–Kier alpha value is -2.89. The van der Waals surface area contributed by atoms with E-state index in [1.54, 1.807) is 0 Å². The summed E-state index contributed by atoms with van der Waals surface area (Å²) in [5.41, 5.74) is 4.03. The molecule has 0 aliphatic carbocycles. The normalized spacial score (nSPS) is 15.2. The number of morpholine rings is 1. The van der Waals surface area contributed by atoms with Crippen LogP contribution in [0.3, 0.4) is 0 Å². The molecule has 2 N–H and O–H groups in total. The highest BCUT2D eigenvalue weighted by Gasteiger charge is 2.12. The van der Waals surface area contributed by atoms with E-state index in [0.717, 1.165) is 58.3 Å². The molecule has 5 nitrogen and oxygen atoms in total. The van der Waals surface area contributed by atoms with Gasteiger partial charge < -0.3 is 15.4 Å². The van der Waals surface area contributed by atoms with Gasteiger partial charge in [0, 0.05) is 39.8 Å². The molecule has 4 rings (SSSR count). The lowest BCUT2D eigenvalue weighted by molar-refractivity contribution is 0.0341. The predicted octanol–water partition coefficient (Wildman–Crippen LogP) is 3.58. The summed E-state index contributed by atoms with van der Waals surface area (Å²) in [6.07, 6.45) is 0.954. The Bertz CT molecular complexity index is 1010. The Kier molecular flexibility index (Phi) is 7.53. The first kappa shape index (κ1) is 21.3. The van der Waals surface area contributed by atoms with Crippen molar-refractivity contribution in [2.45, 2.75) is 19.5 Å². The second-order valence-corrected chi connectivity index (χ2v) is 7.90. The molecule has 1 aliphatic heterocycles. The van der Waals surface area contributed by atoms with Crippen molar-refractivity contribution >= 4 is 16.7 Å². The number of guanidine groups is 1. The van der Waals surface area contributed by atoms with E-state index < -0.39 is 0 Å². The molecule has 0 spiro atoms. The number of hydrogen-bond donors (Lipinski definition) is 2. The van der Waals surface area contributed by atoms with Crippen LogP contribution in [0.4, 0.5) is 0 Å². The van der Waals surface area contributed by atoms with Gasteiger partial charge in [-0.15, -0.1) is 0 Å². The van der Waals surface area contributed by atoms with Crippen molar-refractivity contribution in [3.05, 3.63) is 83.4 Å². The molecule has 0 atom stereocenters. The molecule has 0 aromatic heterocycles. The monoisotopic (exact) mass is 416 g/mol. The molecular weight excluding hydrogens is 384 g/mol. The Balaban J connectivity index is 1.31. The van der Waals surface area contributed by atoms with Gasteiger partial charge >= 0.3 is 0 Å². The maximum Gasteiger partial charge on any atom is 0.191 e. The van der Waals surface area contributed by atoms with Crippen molar-refractivity contribution in [3.8, 4) is 0 Å². The number of aliphatic imine (C=N–C) groups is 1. The molecule has 3 aromatic rings. The van der Waals surface area contributed by atoms with Crippen LogP contribution in [0.25, 0.3) is 10.8 Å². The molecule has 1 fully saturated rings. The third-order valence-electron chi connectivity index (χ3n) is 5.85. The SMILES string of the molecule is CN=C(NCCc1cccc2ccccc12)NCc1ccccc1CN1CCOCC1. The molecule has 162 valence electrons. The van der Waals surface area contributed by atoms with E-state index in [1.807, 2.05) is 7.05 Å². The van der Waals surface area contributed by atoms with E-state index in [2.05, 4.69) is 87.3 Å². The van der Waals surface area contributed by atoms with Crippen molar-refractivity contribution in [3.63, 3.8) is 0 Å². The lowest BCUT2D eigenvalue weighted by Crippen LogP contribution is -2.38. The van der Waals surface area contributed by atoms with Gasteiger partial charge in [0.15, 0.2) is 5.96 Å². The number of fused-ring (bicyclic) bond motifs is 1. The molecule has 0 bridgehead atoms. The third-order valence-corrected chi connectivity index (χ3v) is 5.85. The van der Waals surface area contributed by atoms with Crippen molar-refractivity contribution in [1.29, 1.82) is 0 Å². The minimum absolute atomic E-state index is 0.758. The maximum absolute atomic E-state index is 5.48. The fourth-order valence-electron chi connectivity index (χ4n) is 4.11. The predicted molar refractivity (Wildman–Crippen MR) is 128 cm³/mol. The quantitative estimate of drug-likeness (QED) is 0.457. The van der Waals surface area contributed by atoms with Gasteiger partial charge in [-0.3, -0.25) is 9.89 Å². The topological polar surface area (TPSA) is 48.9 Å². The van der Waals surface area contributed by atoms with Gasteiger partial charge in [0.25, 0.3) is 0 Å². The van der Waals surface area contributed by atoms with Crippen LogP contribution in [0, 0.1) is 0 Å². The van der Waals surface area contributed by atoms with Gasteiger partial charge in [-0.05, 0) is 33.9 Å². The van der Waals surface area contributed by atoms with Crippen molar-refractivity contribution in [1.82, 2.24) is 15.5 Å². The van der Waals surface area contributed by atoms with E-state index in [0.29, 0.717) is 0 Å². The summed E-state index contributed by atoms with van der Waals surface area (Å²) in [5.74, 6) is 0.835. The molecule has 0 unspecified atom stereocenters. The van der Waals surface area contributed by atoms with E-state index in [-0.39, 0.29) is 0 Å². The van der Waals surface area contributed by atoms with Crippen LogP contribution in [0.5, 0.6) is 0 Å². The fraction of sp³-hybridized carbons (Fsp3) is 0.346. The lowest BCUT2D eigenvalue weighted by Gasteiger charge is -2.27. The molecular formula is C26H32N4O. The minimum Gasteiger partial charge on any atom is -0.379 e. The van der Waals surface area contributed by atoms with Crippen LogP contribution in [0.1, 0.15) is 16.7 Å². The maximum atomic E-state index is 5.48. The van der Waals surface area contributed by atoms with Gasteiger partial charge in [0.2, 0.25) is 0 Å². The standard InChI is InChI=1S/C26H32N4O/c1-27-26(28-14-13-22-11-6-10-21-7-4-5-12-25(21)22)29-19-23-8-2-3-9-24(23)20-30-15-17-31-18-16-30/h2-12H,13-20H2,1H3,(H2,27,28,29). The molecule has 0 amide bonds. The zero-order chi connectivity index (χ0) is 21.3. The van der Waals surface area contributed by atoms with E-state index in [9.17, 15) is 0 Å². The molecule has 1 heterocycles. The van der Waals surface area contributed by atoms with Gasteiger partial charge in [-0.2, -0.15) is 0 Å². The highest BCUT2D eigenvalue weighted by Crippen LogP contribution is 2.18. The van der Waals surface area contributed by atoms with E-state index in [4.69, 9.17) is 4.74 Å². The summed E-state index contributed by atoms with van der Waals surface area (Å²) < 4.78 is 5.48. The van der Waals surface area contributed by atoms with Crippen LogP contribution in [-0.4, -0.2) is 50.8 Å². The Labute approximate surface area is 185 Å². The fourth-order valence-corrected chi connectivity index (χ4v) is 4.11. The smallest absolute Gasteiger partial charge is 0.191 e. The lowest BCUT2D eigenvalue weighted by atomic mass is 10.0. The zero-order valence-electron chi connectivity index (χ0n) is 18.3. The molecule has 0 radical (unpaired) electrons. The first-order valence-electron chi connectivity index (χ1n) is 11.1. The summed E-state index contributed by atoms with van der Waals surface area (Å²) in [6, 6.07) is 23.7. The number of nitrogens with zero attached hydrogens (tertiary/aromatic N) is 2. The number of hydrogen-bond acceptors (Lipinski definition) is 3. The molecule has 3 aromatic carbocycles. The average Bonchev–Trinajstić information content (AvgIpc) is 2.83. The first-order chi connectivity index (χ1) is 15.3. The number of ether oxygens (including phenoxy) is 1. The van der Waals surface area contributed by atoms with Gasteiger partial charge in [-0.25, -0.2) is 0 Å². The Morgan fingerprint density at radius 2 is 1.58 bits per heavy atom. The minimum atomic E-state index is 0.758. The summed E-state index contributed by atoms with van der Waals surface area (Å²) in [4.78, 5) is 6.87. The highest BCUT2D eigenvalue weighted by atomic mass is 16.5. The summed E-state index contributed by atoms with van der Waals surface area (Å²) in [5, 5.41) is 9.56. The molecule has 0 saturated carbocycles. The van der Waals surface area contributed by atoms with Crippen LogP contribution in [0.15, 0.2) is 71.7 Å². The summed E-state index contributed by atoms with van der Waals surface area (Å²) in [6.45, 7) is 6.21. The van der Waals surface area contributed by atoms with Crippen molar-refractivity contribution < 1.29 is 4.74 Å². The second-order valence-electron chi connectivity index (χ2n) is 7.90. The third kappa shape index (κ3) is 5.84. The number of nitrogens with one attached hydrogen (secondary N) is 2. The molecule has 5 heteroatoms. The van der Waals surface area contributed by atoms with E-state index in [1.165, 1.54) is 27.5 Å². The Morgan fingerprint density at radius 3 is 2.42 bits per heavy atom. The first-order valence-corrected chi connectivity index (χ1v) is 11.1.